The summed E-state index contributed by atoms with van der Waals surface area (Å²) in [7, 11) is 0. The van der Waals surface area contributed by atoms with Crippen LogP contribution < -0.4 is 5.56 Å². The first-order chi connectivity index (χ1) is 10.3. The fraction of sp³-hybridized carbons (Fsp3) is 0.0588. The van der Waals surface area contributed by atoms with Crippen LogP contribution in [0.5, 0.6) is 0 Å². The maximum Gasteiger partial charge on any atom is 0.300 e. The minimum atomic E-state index is -0.185. The number of hydrogen-bond acceptors (Lipinski definition) is 3. The van der Waals surface area contributed by atoms with Crippen molar-refractivity contribution in [3.63, 3.8) is 0 Å². The maximum atomic E-state index is 12.8. The van der Waals surface area contributed by atoms with Crippen LogP contribution in [-0.4, -0.2) is 9.55 Å². The van der Waals surface area contributed by atoms with Crippen LogP contribution in [-0.2, 0) is 0 Å². The highest BCUT2D eigenvalue weighted by molar-refractivity contribution is 6.01. The van der Waals surface area contributed by atoms with Gasteiger partial charge < -0.3 is 4.42 Å². The number of rotatable bonds is 1. The summed E-state index contributed by atoms with van der Waals surface area (Å²) in [6.45, 7) is 1.75. The van der Waals surface area contributed by atoms with Crippen LogP contribution in [0, 0.1) is 6.92 Å². The smallest absolute Gasteiger partial charge is 0.300 e. The number of benzene rings is 2. The van der Waals surface area contributed by atoms with Gasteiger partial charge in [-0.3, -0.25) is 9.36 Å². The van der Waals surface area contributed by atoms with Crippen molar-refractivity contribution in [1.29, 1.82) is 0 Å². The number of hydrogen-bond donors (Lipinski definition) is 0. The standard InChI is InChI=1S/C17H12N2O2/c1-11-18-15-13-9-5-6-10-14(13)19(17(20)16(15)21-11)12-7-3-2-4-8-12/h2-10H,1H3. The Morgan fingerprint density at radius 3 is 2.52 bits per heavy atom. The van der Waals surface area contributed by atoms with Crippen LogP contribution in [0.15, 0.2) is 63.8 Å². The Morgan fingerprint density at radius 1 is 1.00 bits per heavy atom. The molecule has 0 spiro atoms. The van der Waals surface area contributed by atoms with Crippen LogP contribution in [0.4, 0.5) is 0 Å². The molecule has 0 saturated heterocycles. The molecule has 0 bridgehead atoms. The van der Waals surface area contributed by atoms with E-state index < -0.39 is 0 Å². The van der Waals surface area contributed by atoms with Gasteiger partial charge in [0.25, 0.3) is 0 Å². The van der Waals surface area contributed by atoms with Crippen LogP contribution in [0.3, 0.4) is 0 Å². The number of para-hydroxylation sites is 2. The Balaban J connectivity index is 2.28. The normalized spacial score (nSPS) is 11.3. The van der Waals surface area contributed by atoms with Gasteiger partial charge in [0.2, 0.25) is 5.58 Å². The Morgan fingerprint density at radius 2 is 1.71 bits per heavy atom. The lowest BCUT2D eigenvalue weighted by Crippen LogP contribution is -2.18. The SMILES string of the molecule is Cc1nc2c(o1)c(=O)n(-c1ccccc1)c1ccccc21. The average Bonchev–Trinajstić information content (AvgIpc) is 2.91. The molecule has 2 heterocycles. The van der Waals surface area contributed by atoms with Gasteiger partial charge in [-0.15, -0.1) is 0 Å². The van der Waals surface area contributed by atoms with E-state index >= 15 is 0 Å². The zero-order chi connectivity index (χ0) is 14.4. The number of pyridine rings is 1. The Bertz CT molecular complexity index is 1010. The molecule has 4 heteroatoms. The number of oxazole rings is 1. The fourth-order valence-electron chi connectivity index (χ4n) is 2.67. The summed E-state index contributed by atoms with van der Waals surface area (Å²) < 4.78 is 7.19. The fourth-order valence-corrected chi connectivity index (χ4v) is 2.67. The molecule has 0 aliphatic carbocycles. The summed E-state index contributed by atoms with van der Waals surface area (Å²) in [5.41, 5.74) is 2.38. The first-order valence-electron chi connectivity index (χ1n) is 6.72. The van der Waals surface area contributed by atoms with Crippen molar-refractivity contribution in [2.24, 2.45) is 0 Å². The number of aromatic nitrogens is 2. The van der Waals surface area contributed by atoms with Crippen LogP contribution in [0.1, 0.15) is 5.89 Å². The molecular weight excluding hydrogens is 264 g/mol. The van der Waals surface area contributed by atoms with Crippen LogP contribution >= 0.6 is 0 Å². The Kier molecular flexibility index (Phi) is 2.44. The van der Waals surface area contributed by atoms with Gasteiger partial charge in [0.1, 0.15) is 5.52 Å². The third-order valence-corrected chi connectivity index (χ3v) is 3.55. The number of aryl methyl sites for hydroxylation is 1. The van der Waals surface area contributed by atoms with Crippen LogP contribution in [0.25, 0.3) is 27.7 Å². The molecule has 4 rings (SSSR count). The van der Waals surface area contributed by atoms with Gasteiger partial charge in [0.15, 0.2) is 5.89 Å². The quantitative estimate of drug-likeness (QED) is 0.535. The molecule has 102 valence electrons. The number of nitrogens with zero attached hydrogens (tertiary/aromatic N) is 2. The van der Waals surface area contributed by atoms with E-state index in [9.17, 15) is 4.79 Å². The van der Waals surface area contributed by atoms with Crippen molar-refractivity contribution in [3.05, 3.63) is 70.8 Å². The van der Waals surface area contributed by atoms with Crippen molar-refractivity contribution < 1.29 is 4.42 Å². The minimum absolute atomic E-state index is 0.185. The number of fused-ring (bicyclic) bond motifs is 3. The van der Waals surface area contributed by atoms with Gasteiger partial charge >= 0.3 is 5.56 Å². The van der Waals surface area contributed by atoms with E-state index in [1.807, 2.05) is 54.6 Å². The summed E-state index contributed by atoms with van der Waals surface area (Å²) in [5.74, 6) is 0.498. The molecule has 0 saturated carbocycles. The van der Waals surface area contributed by atoms with E-state index in [4.69, 9.17) is 4.42 Å². The van der Waals surface area contributed by atoms with Crippen molar-refractivity contribution in [2.75, 3.05) is 0 Å². The predicted octanol–water partition coefficient (Wildman–Crippen LogP) is 3.44. The molecule has 0 aliphatic heterocycles. The predicted molar refractivity (Wildman–Crippen MR) is 81.8 cm³/mol. The zero-order valence-electron chi connectivity index (χ0n) is 11.4. The lowest BCUT2D eigenvalue weighted by atomic mass is 10.1. The molecule has 2 aromatic carbocycles. The maximum absolute atomic E-state index is 12.8. The average molecular weight is 276 g/mol. The molecule has 0 unspecified atom stereocenters. The molecular formula is C17H12N2O2. The van der Waals surface area contributed by atoms with Gasteiger partial charge in [0, 0.05) is 18.0 Å². The molecule has 4 aromatic rings. The monoisotopic (exact) mass is 276 g/mol. The van der Waals surface area contributed by atoms with E-state index in [0.717, 1.165) is 16.6 Å². The molecule has 0 radical (unpaired) electrons. The van der Waals surface area contributed by atoms with Crippen molar-refractivity contribution >= 4 is 22.0 Å². The molecule has 0 fully saturated rings. The van der Waals surface area contributed by atoms with E-state index in [2.05, 4.69) is 4.98 Å². The summed E-state index contributed by atoms with van der Waals surface area (Å²) in [6, 6.07) is 17.3. The summed E-state index contributed by atoms with van der Waals surface area (Å²) >= 11 is 0. The van der Waals surface area contributed by atoms with Crippen molar-refractivity contribution in [3.8, 4) is 5.69 Å². The summed E-state index contributed by atoms with van der Waals surface area (Å²) in [5, 5.41) is 0.910. The van der Waals surface area contributed by atoms with Gasteiger partial charge in [-0.1, -0.05) is 36.4 Å². The van der Waals surface area contributed by atoms with E-state index in [1.165, 1.54) is 0 Å². The molecule has 0 amide bonds. The lowest BCUT2D eigenvalue weighted by Gasteiger charge is -2.10. The molecule has 2 aromatic heterocycles. The Hall–Kier alpha value is -2.88. The first-order valence-corrected chi connectivity index (χ1v) is 6.72. The molecule has 21 heavy (non-hydrogen) atoms. The summed E-state index contributed by atoms with van der Waals surface area (Å²) in [6.07, 6.45) is 0. The second-order valence-electron chi connectivity index (χ2n) is 4.90. The van der Waals surface area contributed by atoms with Crippen molar-refractivity contribution in [1.82, 2.24) is 9.55 Å². The first kappa shape index (κ1) is 11.9. The minimum Gasteiger partial charge on any atom is -0.435 e. The highest BCUT2D eigenvalue weighted by Gasteiger charge is 2.16. The second kappa shape index (κ2) is 4.31. The molecule has 4 nitrogen and oxygen atoms in total. The molecule has 0 N–H and O–H groups in total. The van der Waals surface area contributed by atoms with Crippen molar-refractivity contribution in [2.45, 2.75) is 6.92 Å². The Labute approximate surface area is 120 Å². The van der Waals surface area contributed by atoms with Gasteiger partial charge in [-0.25, -0.2) is 4.98 Å². The molecule has 0 aliphatic rings. The second-order valence-corrected chi connectivity index (χ2v) is 4.90. The zero-order valence-corrected chi connectivity index (χ0v) is 11.4. The molecule has 0 atom stereocenters. The van der Waals surface area contributed by atoms with Gasteiger partial charge in [0.05, 0.1) is 5.52 Å². The third kappa shape index (κ3) is 1.69. The van der Waals surface area contributed by atoms with E-state index in [-0.39, 0.29) is 5.56 Å². The largest absolute Gasteiger partial charge is 0.435 e. The topological polar surface area (TPSA) is 48.0 Å². The van der Waals surface area contributed by atoms with Gasteiger partial charge in [-0.2, -0.15) is 0 Å². The highest BCUT2D eigenvalue weighted by atomic mass is 16.4. The summed E-state index contributed by atoms with van der Waals surface area (Å²) in [4.78, 5) is 17.1. The lowest BCUT2D eigenvalue weighted by molar-refractivity contribution is 0.556. The highest BCUT2D eigenvalue weighted by Crippen LogP contribution is 2.24. The third-order valence-electron chi connectivity index (χ3n) is 3.55. The van der Waals surface area contributed by atoms with E-state index in [1.54, 1.807) is 11.5 Å². The van der Waals surface area contributed by atoms with Gasteiger partial charge in [-0.05, 0) is 18.2 Å². The van der Waals surface area contributed by atoms with E-state index in [0.29, 0.717) is 17.0 Å². The van der Waals surface area contributed by atoms with Crippen LogP contribution in [0.2, 0.25) is 0 Å².